The van der Waals surface area contributed by atoms with E-state index in [0.717, 1.165) is 10.6 Å². The summed E-state index contributed by atoms with van der Waals surface area (Å²) in [5.74, 6) is 0. The van der Waals surface area contributed by atoms with Gasteiger partial charge in [0.1, 0.15) is 5.57 Å². The Balaban J connectivity index is 1.89. The van der Waals surface area contributed by atoms with Crippen LogP contribution < -0.4 is 16.2 Å². The maximum atomic E-state index is 14.1. The molecule has 0 aliphatic carbocycles. The molecule has 0 fully saturated rings. The summed E-state index contributed by atoms with van der Waals surface area (Å²) in [7, 11) is -1.52. The van der Waals surface area contributed by atoms with Crippen molar-refractivity contribution in [3.8, 4) is 5.69 Å². The van der Waals surface area contributed by atoms with Crippen molar-refractivity contribution in [2.75, 3.05) is 0 Å². The number of benzene rings is 4. The zero-order valence-corrected chi connectivity index (χ0v) is 19.3. The van der Waals surface area contributed by atoms with E-state index in [1.807, 2.05) is 60.7 Å². The van der Waals surface area contributed by atoms with Gasteiger partial charge in [-0.2, -0.15) is 26.3 Å². The number of nitrogens with zero attached hydrogens (tertiary/aromatic N) is 2. The number of halogens is 6. The minimum Gasteiger partial charge on any atom is -0.291 e. The largest absolute Gasteiger partial charge is 0.418 e. The molecule has 9 heteroatoms. The van der Waals surface area contributed by atoms with Crippen molar-refractivity contribution in [2.24, 2.45) is 0 Å². The van der Waals surface area contributed by atoms with E-state index >= 15 is 0 Å². The van der Waals surface area contributed by atoms with Gasteiger partial charge in [0, 0.05) is 7.92 Å². The Labute approximate surface area is 203 Å². The van der Waals surface area contributed by atoms with Crippen LogP contribution in [0.4, 0.5) is 26.3 Å². The van der Waals surface area contributed by atoms with Crippen molar-refractivity contribution in [1.82, 2.24) is 9.55 Å². The van der Waals surface area contributed by atoms with E-state index in [-0.39, 0.29) is 11.1 Å². The molecule has 4 aromatic carbocycles. The molecule has 0 saturated heterocycles. The zero-order valence-electron chi connectivity index (χ0n) is 18.4. The summed E-state index contributed by atoms with van der Waals surface area (Å²) in [6, 6.07) is 26.3. The smallest absolute Gasteiger partial charge is 0.291 e. The summed E-state index contributed by atoms with van der Waals surface area (Å²) in [6.45, 7) is 0. The Morgan fingerprint density at radius 3 is 1.72 bits per heavy atom. The molecule has 0 radical (unpaired) electrons. The second-order valence-electron chi connectivity index (χ2n) is 7.97. The lowest BCUT2D eigenvalue weighted by atomic mass is 10.1. The van der Waals surface area contributed by atoms with Gasteiger partial charge in [-0.15, -0.1) is 0 Å². The molecule has 0 atom stereocenters. The molecule has 0 aliphatic heterocycles. The van der Waals surface area contributed by atoms with E-state index in [9.17, 15) is 26.3 Å². The summed E-state index contributed by atoms with van der Waals surface area (Å²) in [5.41, 5.74) is -2.03. The first kappa shape index (κ1) is 24.1. The molecule has 5 aromatic rings. The van der Waals surface area contributed by atoms with E-state index in [4.69, 9.17) is 4.98 Å². The van der Waals surface area contributed by atoms with Gasteiger partial charge >= 0.3 is 12.4 Å². The molecule has 0 spiro atoms. The Morgan fingerprint density at radius 2 is 1.17 bits per heavy atom. The van der Waals surface area contributed by atoms with Crippen LogP contribution in [-0.2, 0) is 12.4 Å². The number of para-hydroxylation sites is 2. The van der Waals surface area contributed by atoms with Crippen molar-refractivity contribution in [1.29, 1.82) is 0 Å². The van der Waals surface area contributed by atoms with E-state index < -0.39 is 37.1 Å². The number of hydrogen-bond donors (Lipinski definition) is 0. The molecule has 0 bridgehead atoms. The van der Waals surface area contributed by atoms with Crippen LogP contribution in [0.3, 0.4) is 0 Å². The Hall–Kier alpha value is -3.64. The van der Waals surface area contributed by atoms with Crippen LogP contribution in [0, 0.1) is 0 Å². The van der Waals surface area contributed by atoms with Crippen LogP contribution in [-0.4, -0.2) is 9.55 Å². The molecule has 0 unspecified atom stereocenters. The fourth-order valence-electron chi connectivity index (χ4n) is 4.07. The highest BCUT2D eigenvalue weighted by Crippen LogP contribution is 2.41. The van der Waals surface area contributed by atoms with E-state index in [1.165, 1.54) is 4.57 Å². The molecular formula is C27H17F6N2P. The van der Waals surface area contributed by atoms with Crippen LogP contribution in [0.5, 0.6) is 0 Å². The van der Waals surface area contributed by atoms with E-state index in [0.29, 0.717) is 23.7 Å². The van der Waals surface area contributed by atoms with Gasteiger partial charge in [-0.25, -0.2) is 4.98 Å². The average Bonchev–Trinajstić information content (AvgIpc) is 3.23. The van der Waals surface area contributed by atoms with Gasteiger partial charge in [-0.1, -0.05) is 72.8 Å². The van der Waals surface area contributed by atoms with Crippen molar-refractivity contribution in [3.63, 3.8) is 0 Å². The molecule has 36 heavy (non-hydrogen) atoms. The predicted octanol–water partition coefficient (Wildman–Crippen LogP) is 6.82. The summed E-state index contributed by atoms with van der Waals surface area (Å²) in [6.07, 6.45) is -9.70. The zero-order chi connectivity index (χ0) is 25.5. The summed E-state index contributed by atoms with van der Waals surface area (Å²) >= 11 is 0. The average molecular weight is 514 g/mol. The van der Waals surface area contributed by atoms with Crippen LogP contribution in [0.15, 0.2) is 103 Å². The monoisotopic (exact) mass is 514 g/mol. The Kier molecular flexibility index (Phi) is 6.08. The summed E-state index contributed by atoms with van der Waals surface area (Å²) in [5, 5.41) is 1.60. The van der Waals surface area contributed by atoms with Crippen molar-refractivity contribution in [2.45, 2.75) is 12.4 Å². The Bertz CT molecular complexity index is 1470. The normalized spacial score (nSPS) is 12.4. The standard InChI is InChI=1S/C27H17F6N2P/c28-26(29,30)18-15-16-21(27(31,32)33)24(17-18)35-23-14-8-7-13-22(23)34-25(35)36(19-9-3-1-4-10-19)20-11-5-2-6-12-20/h1-17H. The highest BCUT2D eigenvalue weighted by Gasteiger charge is 2.39. The molecule has 0 amide bonds. The number of imidazole rings is 1. The minimum atomic E-state index is -4.88. The first-order chi connectivity index (χ1) is 17.1. The highest BCUT2D eigenvalue weighted by atomic mass is 31.1. The SMILES string of the molecule is FC(F)(F)c1ccc(C(F)(F)F)c(-n2c(P(c3ccccc3)c3ccccc3)nc3ccccc32)c1. The molecular weight excluding hydrogens is 497 g/mol. The first-order valence-corrected chi connectivity index (χ1v) is 12.2. The van der Waals surface area contributed by atoms with Gasteiger partial charge in [0.2, 0.25) is 0 Å². The highest BCUT2D eigenvalue weighted by molar-refractivity contribution is 7.79. The Morgan fingerprint density at radius 1 is 0.611 bits per heavy atom. The molecule has 0 aliphatic rings. The topological polar surface area (TPSA) is 17.8 Å². The fraction of sp³-hybridized carbons (Fsp3) is 0.0741. The molecule has 1 heterocycles. The van der Waals surface area contributed by atoms with Gasteiger partial charge in [-0.05, 0) is 40.9 Å². The number of aromatic nitrogens is 2. The first-order valence-electron chi connectivity index (χ1n) is 10.8. The second kappa shape index (κ2) is 9.10. The quantitative estimate of drug-likeness (QED) is 0.190. The van der Waals surface area contributed by atoms with Gasteiger partial charge in [0.25, 0.3) is 0 Å². The number of hydrogen-bond acceptors (Lipinski definition) is 1. The predicted molar refractivity (Wildman–Crippen MR) is 130 cm³/mol. The molecule has 0 saturated carbocycles. The third-order valence-corrected chi connectivity index (χ3v) is 7.97. The van der Waals surface area contributed by atoms with Crippen LogP contribution in [0.25, 0.3) is 16.7 Å². The fourth-order valence-corrected chi connectivity index (χ4v) is 6.39. The minimum absolute atomic E-state index is 0.244. The molecule has 182 valence electrons. The molecule has 5 rings (SSSR count). The van der Waals surface area contributed by atoms with Crippen LogP contribution in [0.1, 0.15) is 11.1 Å². The number of alkyl halides is 6. The maximum Gasteiger partial charge on any atom is 0.418 e. The van der Waals surface area contributed by atoms with Crippen molar-refractivity contribution >= 4 is 35.1 Å². The van der Waals surface area contributed by atoms with Gasteiger partial charge < -0.3 is 0 Å². The van der Waals surface area contributed by atoms with Crippen LogP contribution >= 0.6 is 7.92 Å². The summed E-state index contributed by atoms with van der Waals surface area (Å²) < 4.78 is 84.6. The molecule has 1 aromatic heterocycles. The lowest BCUT2D eigenvalue weighted by molar-refractivity contribution is -0.141. The van der Waals surface area contributed by atoms with Crippen LogP contribution in [0.2, 0.25) is 0 Å². The van der Waals surface area contributed by atoms with Gasteiger partial charge in [-0.3, -0.25) is 4.57 Å². The molecule has 2 nitrogen and oxygen atoms in total. The lowest BCUT2D eigenvalue weighted by Crippen LogP contribution is -2.28. The van der Waals surface area contributed by atoms with Gasteiger partial charge in [0.15, 0.2) is 0 Å². The van der Waals surface area contributed by atoms with Crippen molar-refractivity contribution < 1.29 is 26.3 Å². The van der Waals surface area contributed by atoms with Gasteiger partial charge in [0.05, 0.1) is 27.8 Å². The maximum absolute atomic E-state index is 14.1. The van der Waals surface area contributed by atoms with E-state index in [2.05, 4.69) is 0 Å². The number of fused-ring (bicyclic) bond motifs is 1. The van der Waals surface area contributed by atoms with E-state index in [1.54, 1.807) is 24.3 Å². The molecule has 0 N–H and O–H groups in total. The van der Waals surface area contributed by atoms with Crippen molar-refractivity contribution in [3.05, 3.63) is 114 Å². The summed E-state index contributed by atoms with van der Waals surface area (Å²) in [4.78, 5) is 4.70. The third-order valence-electron chi connectivity index (χ3n) is 5.64. The number of rotatable bonds is 4. The second-order valence-corrected chi connectivity index (χ2v) is 10.1. The lowest BCUT2D eigenvalue weighted by Gasteiger charge is -2.23. The third kappa shape index (κ3) is 4.49.